The molecule has 110 valence electrons. The molecule has 1 aromatic carbocycles. The van der Waals surface area contributed by atoms with Gasteiger partial charge in [-0.1, -0.05) is 23.7 Å². The molecule has 0 atom stereocenters. The van der Waals surface area contributed by atoms with Crippen LogP contribution in [0.1, 0.15) is 5.56 Å². The lowest BCUT2D eigenvalue weighted by atomic mass is 10.1. The van der Waals surface area contributed by atoms with Crippen LogP contribution in [0.5, 0.6) is 0 Å². The first-order valence-corrected chi connectivity index (χ1v) is 7.55. The van der Waals surface area contributed by atoms with E-state index in [0.717, 1.165) is 42.5 Å². The Bertz CT molecular complexity index is 609. The number of piperazine rings is 1. The van der Waals surface area contributed by atoms with Crippen LogP contribution in [0.4, 0.5) is 11.4 Å². The van der Waals surface area contributed by atoms with E-state index >= 15 is 0 Å². The first-order valence-electron chi connectivity index (χ1n) is 7.17. The quantitative estimate of drug-likeness (QED) is 0.946. The summed E-state index contributed by atoms with van der Waals surface area (Å²) < 4.78 is 0. The highest BCUT2D eigenvalue weighted by molar-refractivity contribution is 6.33. The molecule has 0 amide bonds. The van der Waals surface area contributed by atoms with E-state index in [0.29, 0.717) is 6.54 Å². The lowest BCUT2D eigenvalue weighted by molar-refractivity contribution is 0.651. The highest BCUT2D eigenvalue weighted by atomic mass is 35.5. The second-order valence-electron chi connectivity index (χ2n) is 5.13. The van der Waals surface area contributed by atoms with E-state index in [4.69, 9.17) is 17.3 Å². The number of anilines is 2. The molecule has 2 aromatic rings. The van der Waals surface area contributed by atoms with Gasteiger partial charge in [0, 0.05) is 56.4 Å². The number of aromatic nitrogens is 1. The van der Waals surface area contributed by atoms with Crippen LogP contribution in [-0.4, -0.2) is 31.2 Å². The van der Waals surface area contributed by atoms with Gasteiger partial charge >= 0.3 is 0 Å². The summed E-state index contributed by atoms with van der Waals surface area (Å²) in [5.74, 6) is 0. The van der Waals surface area contributed by atoms with Crippen molar-refractivity contribution in [1.29, 1.82) is 0 Å². The van der Waals surface area contributed by atoms with Crippen molar-refractivity contribution in [2.24, 2.45) is 5.73 Å². The summed E-state index contributed by atoms with van der Waals surface area (Å²) >= 11 is 6.28. The number of hydrogen-bond donors (Lipinski definition) is 1. The maximum Gasteiger partial charge on any atom is 0.0639 e. The smallest absolute Gasteiger partial charge is 0.0639 e. The molecule has 21 heavy (non-hydrogen) atoms. The molecule has 3 rings (SSSR count). The molecule has 0 saturated carbocycles. The van der Waals surface area contributed by atoms with Gasteiger partial charge in [-0.3, -0.25) is 4.98 Å². The summed E-state index contributed by atoms with van der Waals surface area (Å²) in [7, 11) is 0. The molecule has 0 bridgehead atoms. The maximum absolute atomic E-state index is 6.28. The molecule has 1 saturated heterocycles. The molecule has 4 nitrogen and oxygen atoms in total. The van der Waals surface area contributed by atoms with E-state index < -0.39 is 0 Å². The van der Waals surface area contributed by atoms with E-state index in [9.17, 15) is 0 Å². The predicted molar refractivity (Wildman–Crippen MR) is 88.0 cm³/mol. The van der Waals surface area contributed by atoms with Gasteiger partial charge in [0.05, 0.1) is 10.7 Å². The molecule has 0 aliphatic carbocycles. The number of benzene rings is 1. The molecule has 2 heterocycles. The monoisotopic (exact) mass is 302 g/mol. The third kappa shape index (κ3) is 2.96. The highest BCUT2D eigenvalue weighted by Gasteiger charge is 2.20. The standard InChI is InChI=1S/C16H19ClN4/c17-14-3-1-2-4-16(14)21-9-7-20(8-10-21)15-5-6-19-12-13(15)11-18/h1-6,12H,7-11,18H2. The number of nitrogens with zero attached hydrogens (tertiary/aromatic N) is 3. The molecule has 1 aliphatic rings. The van der Waals surface area contributed by atoms with Crippen LogP contribution in [0.15, 0.2) is 42.7 Å². The highest BCUT2D eigenvalue weighted by Crippen LogP contribution is 2.27. The number of nitrogens with two attached hydrogens (primary N) is 1. The van der Waals surface area contributed by atoms with E-state index in [1.165, 1.54) is 5.69 Å². The van der Waals surface area contributed by atoms with Crippen molar-refractivity contribution >= 4 is 23.0 Å². The molecule has 0 unspecified atom stereocenters. The number of pyridine rings is 1. The molecular weight excluding hydrogens is 284 g/mol. The van der Waals surface area contributed by atoms with Gasteiger partial charge in [0.2, 0.25) is 0 Å². The Morgan fingerprint density at radius 2 is 1.67 bits per heavy atom. The summed E-state index contributed by atoms with van der Waals surface area (Å²) in [6, 6.07) is 10.1. The minimum atomic E-state index is 0.522. The van der Waals surface area contributed by atoms with E-state index in [2.05, 4.69) is 20.9 Å². The van der Waals surface area contributed by atoms with Gasteiger partial charge in [-0.05, 0) is 18.2 Å². The number of halogens is 1. The van der Waals surface area contributed by atoms with Crippen molar-refractivity contribution in [3.8, 4) is 0 Å². The minimum absolute atomic E-state index is 0.522. The number of rotatable bonds is 3. The average Bonchev–Trinajstić information content (AvgIpc) is 2.55. The fraction of sp³-hybridized carbons (Fsp3) is 0.312. The van der Waals surface area contributed by atoms with Crippen LogP contribution in [0.3, 0.4) is 0 Å². The molecule has 0 spiro atoms. The first kappa shape index (κ1) is 14.2. The Balaban J connectivity index is 1.72. The second kappa shape index (κ2) is 6.33. The van der Waals surface area contributed by atoms with Gasteiger partial charge in [-0.15, -0.1) is 0 Å². The van der Waals surface area contributed by atoms with Crippen molar-refractivity contribution in [2.75, 3.05) is 36.0 Å². The first-order chi connectivity index (χ1) is 10.3. The predicted octanol–water partition coefficient (Wildman–Crippen LogP) is 2.52. The Hall–Kier alpha value is -1.78. The van der Waals surface area contributed by atoms with E-state index in [-0.39, 0.29) is 0 Å². The van der Waals surface area contributed by atoms with Gasteiger partial charge in [0.25, 0.3) is 0 Å². The summed E-state index contributed by atoms with van der Waals surface area (Å²) in [6.07, 6.45) is 3.69. The maximum atomic E-state index is 6.28. The molecule has 1 aliphatic heterocycles. The molecule has 1 aromatic heterocycles. The molecular formula is C16H19ClN4. The van der Waals surface area contributed by atoms with Crippen LogP contribution in [-0.2, 0) is 6.54 Å². The van der Waals surface area contributed by atoms with Crippen LogP contribution in [0.2, 0.25) is 5.02 Å². The van der Waals surface area contributed by atoms with Crippen molar-refractivity contribution in [3.05, 3.63) is 53.3 Å². The largest absolute Gasteiger partial charge is 0.368 e. The molecule has 1 fully saturated rings. The Morgan fingerprint density at radius 1 is 1.00 bits per heavy atom. The fourth-order valence-electron chi connectivity index (χ4n) is 2.78. The average molecular weight is 303 g/mol. The Morgan fingerprint density at radius 3 is 2.33 bits per heavy atom. The number of para-hydroxylation sites is 1. The fourth-order valence-corrected chi connectivity index (χ4v) is 3.04. The van der Waals surface area contributed by atoms with Crippen molar-refractivity contribution in [2.45, 2.75) is 6.54 Å². The third-order valence-corrected chi connectivity index (χ3v) is 4.23. The van der Waals surface area contributed by atoms with Gasteiger partial charge in [-0.25, -0.2) is 0 Å². The van der Waals surface area contributed by atoms with Crippen molar-refractivity contribution in [1.82, 2.24) is 4.98 Å². The van der Waals surface area contributed by atoms with Crippen LogP contribution >= 0.6 is 11.6 Å². The Kier molecular flexibility index (Phi) is 4.27. The van der Waals surface area contributed by atoms with Crippen LogP contribution in [0.25, 0.3) is 0 Å². The zero-order chi connectivity index (χ0) is 14.7. The lowest BCUT2D eigenvalue weighted by Crippen LogP contribution is -2.47. The van der Waals surface area contributed by atoms with Crippen LogP contribution in [0, 0.1) is 0 Å². The SMILES string of the molecule is NCc1cnccc1N1CCN(c2ccccc2Cl)CC1. The molecule has 2 N–H and O–H groups in total. The Labute approximate surface area is 130 Å². The third-order valence-electron chi connectivity index (χ3n) is 3.91. The molecule has 5 heteroatoms. The topological polar surface area (TPSA) is 45.4 Å². The van der Waals surface area contributed by atoms with E-state index in [1.807, 2.05) is 36.7 Å². The number of hydrogen-bond acceptors (Lipinski definition) is 4. The van der Waals surface area contributed by atoms with E-state index in [1.54, 1.807) is 0 Å². The minimum Gasteiger partial charge on any atom is -0.368 e. The molecule has 0 radical (unpaired) electrons. The van der Waals surface area contributed by atoms with Gasteiger partial charge in [0.1, 0.15) is 0 Å². The van der Waals surface area contributed by atoms with Crippen molar-refractivity contribution in [3.63, 3.8) is 0 Å². The zero-order valence-electron chi connectivity index (χ0n) is 11.9. The summed E-state index contributed by atoms with van der Waals surface area (Å²) in [4.78, 5) is 8.86. The van der Waals surface area contributed by atoms with Gasteiger partial charge < -0.3 is 15.5 Å². The van der Waals surface area contributed by atoms with Crippen LogP contribution < -0.4 is 15.5 Å². The second-order valence-corrected chi connectivity index (χ2v) is 5.54. The lowest BCUT2D eigenvalue weighted by Gasteiger charge is -2.38. The van der Waals surface area contributed by atoms with Gasteiger partial charge in [-0.2, -0.15) is 0 Å². The van der Waals surface area contributed by atoms with Gasteiger partial charge in [0.15, 0.2) is 0 Å². The van der Waals surface area contributed by atoms with Crippen molar-refractivity contribution < 1.29 is 0 Å². The summed E-state index contributed by atoms with van der Waals surface area (Å²) in [5.41, 5.74) is 9.22. The zero-order valence-corrected chi connectivity index (χ0v) is 12.6. The summed E-state index contributed by atoms with van der Waals surface area (Å²) in [6.45, 7) is 4.35. The normalized spacial score (nSPS) is 15.3. The summed E-state index contributed by atoms with van der Waals surface area (Å²) in [5, 5.41) is 0.817.